The van der Waals surface area contributed by atoms with Crippen LogP contribution in [0.4, 0.5) is 9.18 Å². The van der Waals surface area contributed by atoms with E-state index in [9.17, 15) is 19.1 Å². The molecule has 0 atom stereocenters. The predicted molar refractivity (Wildman–Crippen MR) is 119 cm³/mol. The molecule has 2 N–H and O–H groups in total. The first kappa shape index (κ1) is 22.9. The van der Waals surface area contributed by atoms with E-state index in [1.165, 1.54) is 12.3 Å². The fourth-order valence-corrected chi connectivity index (χ4v) is 3.15. The maximum absolute atomic E-state index is 13.9. The summed E-state index contributed by atoms with van der Waals surface area (Å²) in [4.78, 5) is 28.6. The van der Waals surface area contributed by atoms with Gasteiger partial charge in [0.1, 0.15) is 17.2 Å². The number of ether oxygens (including phenoxy) is 1. The Kier molecular flexibility index (Phi) is 6.88. The first-order valence-electron chi connectivity index (χ1n) is 10.1. The van der Waals surface area contributed by atoms with Crippen LogP contribution < -0.4 is 5.32 Å². The molecule has 0 bridgehead atoms. The number of hydrogen-bond donors (Lipinski definition) is 2. The normalized spacial score (nSPS) is 11.1. The quantitative estimate of drug-likeness (QED) is 0.528. The van der Waals surface area contributed by atoms with Crippen LogP contribution in [0.2, 0.25) is 0 Å². The number of benzene rings is 2. The van der Waals surface area contributed by atoms with E-state index in [2.05, 4.69) is 10.3 Å². The minimum Gasteiger partial charge on any atom is -0.508 e. The van der Waals surface area contributed by atoms with Crippen LogP contribution in [0.1, 0.15) is 42.3 Å². The average molecular weight is 436 g/mol. The van der Waals surface area contributed by atoms with Crippen LogP contribution >= 0.6 is 0 Å². The van der Waals surface area contributed by atoms with E-state index in [-0.39, 0.29) is 30.1 Å². The standard InChI is InChI=1S/C25H25FN2O4/c1-25(2,3)32-24(31)28-14-19-8-7-18(12-21(19)16-5-4-6-20(29)11-16)23(30)13-17-9-10-27-15-22(17)26/h4-12,15,29H,13-14H2,1-3H3,(H,28,31). The molecule has 6 nitrogen and oxygen atoms in total. The molecule has 0 unspecified atom stereocenters. The van der Waals surface area contributed by atoms with Gasteiger partial charge in [-0.15, -0.1) is 0 Å². The second-order valence-electron chi connectivity index (χ2n) is 8.34. The van der Waals surface area contributed by atoms with Gasteiger partial charge in [-0.3, -0.25) is 9.78 Å². The molecule has 32 heavy (non-hydrogen) atoms. The van der Waals surface area contributed by atoms with Crippen LogP contribution in [0, 0.1) is 5.82 Å². The topological polar surface area (TPSA) is 88.5 Å². The molecule has 3 rings (SSSR count). The Bertz CT molecular complexity index is 1140. The number of carbonyl (C=O) groups excluding carboxylic acids is 2. The third kappa shape index (κ3) is 6.14. The minimum absolute atomic E-state index is 0.0733. The van der Waals surface area contributed by atoms with Crippen molar-refractivity contribution >= 4 is 11.9 Å². The number of nitrogens with zero attached hydrogens (tertiary/aromatic N) is 1. The summed E-state index contributed by atoms with van der Waals surface area (Å²) in [5.41, 5.74) is 2.10. The number of hydrogen-bond acceptors (Lipinski definition) is 5. The van der Waals surface area contributed by atoms with Gasteiger partial charge in [0, 0.05) is 24.7 Å². The van der Waals surface area contributed by atoms with Crippen molar-refractivity contribution < 1.29 is 23.8 Å². The smallest absolute Gasteiger partial charge is 0.407 e. The van der Waals surface area contributed by atoms with Gasteiger partial charge < -0.3 is 15.2 Å². The summed E-state index contributed by atoms with van der Waals surface area (Å²) >= 11 is 0. The van der Waals surface area contributed by atoms with Crippen molar-refractivity contribution in [3.8, 4) is 16.9 Å². The molecule has 0 radical (unpaired) electrons. The molecule has 2 aromatic carbocycles. The number of phenolic OH excluding ortho intramolecular Hbond substituents is 1. The van der Waals surface area contributed by atoms with Gasteiger partial charge >= 0.3 is 6.09 Å². The van der Waals surface area contributed by atoms with Crippen LogP contribution in [-0.4, -0.2) is 27.6 Å². The molecule has 0 spiro atoms. The van der Waals surface area contributed by atoms with E-state index in [0.717, 1.165) is 11.8 Å². The molecule has 0 aliphatic carbocycles. The number of nitrogens with one attached hydrogen (secondary N) is 1. The van der Waals surface area contributed by atoms with Crippen LogP contribution in [0.15, 0.2) is 60.9 Å². The van der Waals surface area contributed by atoms with Crippen molar-refractivity contribution in [3.63, 3.8) is 0 Å². The van der Waals surface area contributed by atoms with Crippen molar-refractivity contribution in [2.45, 2.75) is 39.3 Å². The maximum Gasteiger partial charge on any atom is 0.407 e. The number of Topliss-reactive ketones (excluding diaryl/α,β-unsaturated/α-hetero) is 1. The van der Waals surface area contributed by atoms with Gasteiger partial charge in [0.05, 0.1) is 6.20 Å². The van der Waals surface area contributed by atoms with Crippen molar-refractivity contribution in [2.24, 2.45) is 0 Å². The summed E-state index contributed by atoms with van der Waals surface area (Å²) in [6, 6.07) is 13.1. The van der Waals surface area contributed by atoms with Crippen molar-refractivity contribution in [2.75, 3.05) is 0 Å². The van der Waals surface area contributed by atoms with Gasteiger partial charge in [-0.2, -0.15) is 0 Å². The van der Waals surface area contributed by atoms with E-state index < -0.39 is 17.5 Å². The lowest BCUT2D eigenvalue weighted by Crippen LogP contribution is -2.32. The minimum atomic E-state index is -0.628. The molecular weight excluding hydrogens is 411 g/mol. The summed E-state index contributed by atoms with van der Waals surface area (Å²) in [7, 11) is 0. The fourth-order valence-electron chi connectivity index (χ4n) is 3.15. The number of alkyl carbamates (subject to hydrolysis) is 1. The van der Waals surface area contributed by atoms with Crippen LogP contribution in [-0.2, 0) is 17.7 Å². The van der Waals surface area contributed by atoms with Crippen molar-refractivity contribution in [3.05, 3.63) is 83.4 Å². The average Bonchev–Trinajstić information content (AvgIpc) is 2.72. The number of aromatic hydroxyl groups is 1. The number of halogens is 1. The lowest BCUT2D eigenvalue weighted by Gasteiger charge is -2.20. The highest BCUT2D eigenvalue weighted by atomic mass is 19.1. The third-order valence-electron chi connectivity index (χ3n) is 4.62. The molecule has 0 saturated heterocycles. The Morgan fingerprint density at radius 2 is 1.88 bits per heavy atom. The zero-order valence-electron chi connectivity index (χ0n) is 18.2. The highest BCUT2D eigenvalue weighted by Crippen LogP contribution is 2.28. The second-order valence-corrected chi connectivity index (χ2v) is 8.34. The monoisotopic (exact) mass is 436 g/mol. The lowest BCUT2D eigenvalue weighted by atomic mass is 9.94. The van der Waals surface area contributed by atoms with Crippen LogP contribution in [0.3, 0.4) is 0 Å². The number of carbonyl (C=O) groups is 2. The van der Waals surface area contributed by atoms with Gasteiger partial charge in [-0.25, -0.2) is 9.18 Å². The number of ketones is 1. The highest BCUT2D eigenvalue weighted by Gasteiger charge is 2.18. The van der Waals surface area contributed by atoms with E-state index in [4.69, 9.17) is 4.74 Å². The Morgan fingerprint density at radius 1 is 1.09 bits per heavy atom. The first-order chi connectivity index (χ1) is 15.1. The SMILES string of the molecule is CC(C)(C)OC(=O)NCc1ccc(C(=O)Cc2ccncc2F)cc1-c1cccc(O)c1. The molecule has 0 aliphatic rings. The molecule has 1 heterocycles. The Balaban J connectivity index is 1.90. The Hall–Kier alpha value is -3.74. The number of amides is 1. The molecule has 7 heteroatoms. The summed E-state index contributed by atoms with van der Waals surface area (Å²) in [6.07, 6.45) is 1.85. The van der Waals surface area contributed by atoms with E-state index in [0.29, 0.717) is 16.7 Å². The Morgan fingerprint density at radius 3 is 2.56 bits per heavy atom. The highest BCUT2D eigenvalue weighted by molar-refractivity contribution is 5.99. The maximum atomic E-state index is 13.9. The Labute approximate surface area is 186 Å². The number of rotatable bonds is 6. The number of aromatic nitrogens is 1. The van der Waals surface area contributed by atoms with Gasteiger partial charge in [-0.05, 0) is 67.3 Å². The number of phenols is 1. The van der Waals surface area contributed by atoms with E-state index in [1.54, 1.807) is 63.2 Å². The molecule has 166 valence electrons. The summed E-state index contributed by atoms with van der Waals surface area (Å²) in [5, 5.41) is 12.6. The predicted octanol–water partition coefficient (Wildman–Crippen LogP) is 5.04. The summed E-state index contributed by atoms with van der Waals surface area (Å²) < 4.78 is 19.2. The number of pyridine rings is 1. The zero-order valence-corrected chi connectivity index (χ0v) is 18.2. The van der Waals surface area contributed by atoms with Gasteiger partial charge in [0.25, 0.3) is 0 Å². The molecular formula is C25H25FN2O4. The first-order valence-corrected chi connectivity index (χ1v) is 10.1. The third-order valence-corrected chi connectivity index (χ3v) is 4.62. The molecule has 0 saturated carbocycles. The van der Waals surface area contributed by atoms with Crippen molar-refractivity contribution in [1.29, 1.82) is 0 Å². The fraction of sp³-hybridized carbons (Fsp3) is 0.240. The van der Waals surface area contributed by atoms with E-state index in [1.807, 2.05) is 0 Å². The van der Waals surface area contributed by atoms with Crippen LogP contribution in [0.25, 0.3) is 11.1 Å². The van der Waals surface area contributed by atoms with Crippen LogP contribution in [0.5, 0.6) is 5.75 Å². The summed E-state index contributed by atoms with van der Waals surface area (Å²) in [6.45, 7) is 5.48. The summed E-state index contributed by atoms with van der Waals surface area (Å²) in [5.74, 6) is -0.723. The van der Waals surface area contributed by atoms with Crippen molar-refractivity contribution in [1.82, 2.24) is 10.3 Å². The lowest BCUT2D eigenvalue weighted by molar-refractivity contribution is 0.0523. The largest absolute Gasteiger partial charge is 0.508 e. The second kappa shape index (κ2) is 9.60. The van der Waals surface area contributed by atoms with Gasteiger partial charge in [-0.1, -0.05) is 24.3 Å². The van der Waals surface area contributed by atoms with Gasteiger partial charge in [0.15, 0.2) is 5.78 Å². The molecule has 3 aromatic rings. The van der Waals surface area contributed by atoms with Gasteiger partial charge in [0.2, 0.25) is 0 Å². The molecule has 1 aromatic heterocycles. The zero-order chi connectivity index (χ0) is 23.3. The van der Waals surface area contributed by atoms with E-state index >= 15 is 0 Å². The molecule has 0 fully saturated rings. The molecule has 0 aliphatic heterocycles. The molecule has 1 amide bonds.